The number of rotatable bonds is 5. The third kappa shape index (κ3) is 5.11. The van der Waals surface area contributed by atoms with E-state index in [1.807, 2.05) is 0 Å². The number of nitrogens with zero attached hydrogens (tertiary/aromatic N) is 1. The Bertz CT molecular complexity index is 272. The Morgan fingerprint density at radius 2 is 2.00 bits per heavy atom. The highest BCUT2D eigenvalue weighted by Crippen LogP contribution is 2.02. The number of esters is 1. The monoisotopic (exact) mass is 217 g/mol. The molecule has 6 nitrogen and oxygen atoms in total. The molecule has 0 aliphatic heterocycles. The van der Waals surface area contributed by atoms with Gasteiger partial charge >= 0.3 is 11.9 Å². The fourth-order valence-corrected chi connectivity index (χ4v) is 0.934. The first kappa shape index (κ1) is 13.6. The van der Waals surface area contributed by atoms with Gasteiger partial charge in [0, 0.05) is 5.71 Å². The van der Waals surface area contributed by atoms with Crippen LogP contribution in [0.4, 0.5) is 0 Å². The van der Waals surface area contributed by atoms with Gasteiger partial charge in [0.15, 0.2) is 6.04 Å². The van der Waals surface area contributed by atoms with Gasteiger partial charge in [-0.25, -0.2) is 4.79 Å². The fraction of sp³-hybridized carbons (Fsp3) is 0.667. The molecule has 15 heavy (non-hydrogen) atoms. The zero-order chi connectivity index (χ0) is 12.0. The lowest BCUT2D eigenvalue weighted by atomic mass is 10.2. The first-order valence-corrected chi connectivity index (χ1v) is 4.39. The highest BCUT2D eigenvalue weighted by molar-refractivity contribution is 5.98. The van der Waals surface area contributed by atoms with E-state index in [2.05, 4.69) is 9.73 Å². The predicted molar refractivity (Wildman–Crippen MR) is 52.8 cm³/mol. The molecule has 0 amide bonds. The lowest BCUT2D eigenvalue weighted by Gasteiger charge is -2.11. The zero-order valence-corrected chi connectivity index (χ0v) is 8.93. The van der Waals surface area contributed by atoms with Gasteiger partial charge in [-0.2, -0.15) is 0 Å². The Hall–Kier alpha value is -1.43. The maximum Gasteiger partial charge on any atom is 0.331 e. The Morgan fingerprint density at radius 3 is 2.33 bits per heavy atom. The van der Waals surface area contributed by atoms with E-state index in [1.54, 1.807) is 0 Å². The summed E-state index contributed by atoms with van der Waals surface area (Å²) in [4.78, 5) is 25.2. The average Bonchev–Trinajstić information content (AvgIpc) is 2.12. The second kappa shape index (κ2) is 6.13. The van der Waals surface area contributed by atoms with Gasteiger partial charge in [-0.05, 0) is 13.8 Å². The van der Waals surface area contributed by atoms with Crippen molar-refractivity contribution < 1.29 is 24.5 Å². The molecule has 0 aromatic rings. The second-order valence-electron chi connectivity index (χ2n) is 3.14. The maximum atomic E-state index is 10.8. The SMILES string of the molecule is COC(=O)CC(C)=N[C@@H](C(=O)O)[C@H](C)O. The molecule has 6 heteroatoms. The molecule has 0 rings (SSSR count). The Morgan fingerprint density at radius 1 is 1.47 bits per heavy atom. The molecule has 0 aliphatic carbocycles. The summed E-state index contributed by atoms with van der Waals surface area (Å²) in [6.07, 6.45) is -1.18. The molecule has 0 fully saturated rings. The summed E-state index contributed by atoms with van der Waals surface area (Å²) in [6.45, 7) is 2.84. The summed E-state index contributed by atoms with van der Waals surface area (Å²) in [5.74, 6) is -1.72. The minimum absolute atomic E-state index is 0.0764. The van der Waals surface area contributed by atoms with Crippen LogP contribution in [0.3, 0.4) is 0 Å². The summed E-state index contributed by atoms with van der Waals surface area (Å²) >= 11 is 0. The summed E-state index contributed by atoms with van der Waals surface area (Å²) in [5, 5.41) is 17.8. The molecule has 2 N–H and O–H groups in total. The lowest BCUT2D eigenvalue weighted by molar-refractivity contribution is -0.141. The predicted octanol–water partition coefficient (Wildman–Crippen LogP) is -0.156. The van der Waals surface area contributed by atoms with Crippen molar-refractivity contribution >= 4 is 17.7 Å². The van der Waals surface area contributed by atoms with Crippen LogP contribution in [0.25, 0.3) is 0 Å². The van der Waals surface area contributed by atoms with Gasteiger partial charge in [0.2, 0.25) is 0 Å². The molecular formula is C9H15NO5. The van der Waals surface area contributed by atoms with Crippen LogP contribution in [0, 0.1) is 0 Å². The van der Waals surface area contributed by atoms with Gasteiger partial charge in [-0.1, -0.05) is 0 Å². The Labute approximate surface area is 87.6 Å². The second-order valence-corrected chi connectivity index (χ2v) is 3.14. The molecule has 86 valence electrons. The molecule has 0 aromatic carbocycles. The minimum Gasteiger partial charge on any atom is -0.480 e. The molecule has 2 atom stereocenters. The van der Waals surface area contributed by atoms with Crippen LogP contribution in [0.1, 0.15) is 20.3 Å². The number of carbonyl (C=O) groups excluding carboxylic acids is 1. The minimum atomic E-state index is -1.24. The van der Waals surface area contributed by atoms with Gasteiger partial charge in [0.25, 0.3) is 0 Å². The molecule has 0 saturated heterocycles. The number of carbonyl (C=O) groups is 2. The summed E-state index contributed by atoms with van der Waals surface area (Å²) in [5.41, 5.74) is 0.315. The summed E-state index contributed by atoms with van der Waals surface area (Å²) < 4.78 is 4.39. The van der Waals surface area contributed by atoms with Gasteiger partial charge in [0.1, 0.15) is 0 Å². The van der Waals surface area contributed by atoms with Crippen LogP contribution in [0.15, 0.2) is 4.99 Å². The number of aliphatic hydroxyl groups excluding tert-OH is 1. The molecule has 0 spiro atoms. The lowest BCUT2D eigenvalue weighted by Crippen LogP contribution is -2.31. The first-order valence-electron chi connectivity index (χ1n) is 4.39. The molecule has 0 bridgehead atoms. The van der Waals surface area contributed by atoms with Crippen molar-refractivity contribution in [2.24, 2.45) is 4.99 Å². The number of hydrogen-bond donors (Lipinski definition) is 2. The highest BCUT2D eigenvalue weighted by atomic mass is 16.5. The van der Waals surface area contributed by atoms with E-state index in [0.717, 1.165) is 0 Å². The third-order valence-corrected chi connectivity index (χ3v) is 1.70. The smallest absolute Gasteiger partial charge is 0.331 e. The van der Waals surface area contributed by atoms with Gasteiger partial charge in [0.05, 0.1) is 19.6 Å². The van der Waals surface area contributed by atoms with Gasteiger partial charge in [-0.15, -0.1) is 0 Å². The maximum absolute atomic E-state index is 10.8. The summed E-state index contributed by atoms with van der Waals surface area (Å²) in [7, 11) is 1.24. The largest absolute Gasteiger partial charge is 0.480 e. The molecular weight excluding hydrogens is 202 g/mol. The van der Waals surface area contributed by atoms with Crippen molar-refractivity contribution in [3.63, 3.8) is 0 Å². The number of hydrogen-bond acceptors (Lipinski definition) is 5. The van der Waals surface area contributed by atoms with E-state index in [4.69, 9.17) is 10.2 Å². The van der Waals surface area contributed by atoms with Crippen molar-refractivity contribution in [1.82, 2.24) is 0 Å². The van der Waals surface area contributed by atoms with E-state index in [9.17, 15) is 9.59 Å². The zero-order valence-electron chi connectivity index (χ0n) is 8.93. The highest BCUT2D eigenvalue weighted by Gasteiger charge is 2.22. The van der Waals surface area contributed by atoms with Crippen molar-refractivity contribution in [3.05, 3.63) is 0 Å². The summed E-state index contributed by atoms with van der Waals surface area (Å²) in [6, 6.07) is -1.24. The van der Waals surface area contributed by atoms with Crippen LogP contribution in [-0.2, 0) is 14.3 Å². The molecule has 0 aromatic heterocycles. The van der Waals surface area contributed by atoms with Gasteiger partial charge < -0.3 is 14.9 Å². The van der Waals surface area contributed by atoms with Crippen LogP contribution >= 0.6 is 0 Å². The van der Waals surface area contributed by atoms with Crippen LogP contribution in [0.2, 0.25) is 0 Å². The van der Waals surface area contributed by atoms with Crippen molar-refractivity contribution in [2.45, 2.75) is 32.4 Å². The molecule has 0 saturated carbocycles. The van der Waals surface area contributed by atoms with E-state index in [-0.39, 0.29) is 6.42 Å². The molecule has 0 heterocycles. The van der Waals surface area contributed by atoms with Crippen LogP contribution in [-0.4, -0.2) is 47.1 Å². The van der Waals surface area contributed by atoms with E-state index in [0.29, 0.717) is 5.71 Å². The van der Waals surface area contributed by atoms with E-state index in [1.165, 1.54) is 21.0 Å². The van der Waals surface area contributed by atoms with Crippen LogP contribution in [0.5, 0.6) is 0 Å². The van der Waals surface area contributed by atoms with Crippen molar-refractivity contribution in [2.75, 3.05) is 7.11 Å². The van der Waals surface area contributed by atoms with Crippen molar-refractivity contribution in [1.29, 1.82) is 0 Å². The van der Waals surface area contributed by atoms with Crippen molar-refractivity contribution in [3.8, 4) is 0 Å². The number of carboxylic acids is 1. The molecule has 0 unspecified atom stereocenters. The number of ether oxygens (including phenoxy) is 1. The normalized spacial score (nSPS) is 15.6. The van der Waals surface area contributed by atoms with Gasteiger partial charge in [-0.3, -0.25) is 9.79 Å². The molecule has 0 radical (unpaired) electrons. The first-order chi connectivity index (χ1) is 6.88. The standard InChI is InChI=1S/C9H15NO5/c1-5(4-7(12)15-3)10-8(6(2)11)9(13)14/h6,8,11H,4H2,1-3H3,(H,13,14)/t6-,8+/m0/s1. The fourth-order valence-electron chi connectivity index (χ4n) is 0.934. The number of carboxylic acid groups (broad SMARTS) is 1. The Kier molecular flexibility index (Phi) is 5.54. The number of aliphatic imine (C=N–C) groups is 1. The third-order valence-electron chi connectivity index (χ3n) is 1.70. The van der Waals surface area contributed by atoms with E-state index < -0.39 is 24.1 Å². The number of aliphatic hydroxyl groups is 1. The van der Waals surface area contributed by atoms with E-state index >= 15 is 0 Å². The average molecular weight is 217 g/mol. The Balaban J connectivity index is 4.54. The number of methoxy groups -OCH3 is 1. The molecule has 0 aliphatic rings. The quantitative estimate of drug-likeness (QED) is 0.493. The van der Waals surface area contributed by atoms with Crippen LogP contribution < -0.4 is 0 Å². The topological polar surface area (TPSA) is 96.2 Å². The number of aliphatic carboxylic acids is 1.